The molecule has 0 saturated carbocycles. The minimum atomic E-state index is -0.0596. The first-order valence-electron chi connectivity index (χ1n) is 7.85. The molecule has 1 heterocycles. The van der Waals surface area contributed by atoms with E-state index in [-0.39, 0.29) is 42.5 Å². The molecule has 0 bridgehead atoms. The fraction of sp³-hybridized carbons (Fsp3) is 0.867. The van der Waals surface area contributed by atoms with Gasteiger partial charge in [-0.25, -0.2) is 0 Å². The Labute approximate surface area is 139 Å². The zero-order chi connectivity index (χ0) is 15.6. The van der Waals surface area contributed by atoms with Gasteiger partial charge in [0.25, 0.3) is 0 Å². The van der Waals surface area contributed by atoms with E-state index in [1.54, 1.807) is 7.11 Å². The standard InChI is InChI=1S/C15H29N3O3.ClH/c1-3-8-17-13(19)4-5-14(20)18-11-15(12-21-2)6-9-16-10-7-15;/h16H,3-12H2,1-2H3,(H,17,19)(H,18,20);1H. The van der Waals surface area contributed by atoms with Gasteiger partial charge >= 0.3 is 0 Å². The van der Waals surface area contributed by atoms with Crippen LogP contribution in [-0.4, -0.2) is 51.7 Å². The fourth-order valence-corrected chi connectivity index (χ4v) is 2.59. The molecule has 130 valence electrons. The molecule has 0 spiro atoms. The third kappa shape index (κ3) is 7.96. The van der Waals surface area contributed by atoms with Crippen LogP contribution in [0.25, 0.3) is 0 Å². The van der Waals surface area contributed by atoms with Crippen molar-refractivity contribution in [1.29, 1.82) is 0 Å². The Bertz CT molecular complexity index is 328. The molecule has 0 aliphatic carbocycles. The van der Waals surface area contributed by atoms with Gasteiger partial charge in [0.1, 0.15) is 0 Å². The maximum Gasteiger partial charge on any atom is 0.220 e. The number of rotatable bonds is 9. The van der Waals surface area contributed by atoms with Crippen LogP contribution in [0, 0.1) is 5.41 Å². The average molecular weight is 336 g/mol. The molecule has 7 heteroatoms. The molecule has 0 aromatic carbocycles. The lowest BCUT2D eigenvalue weighted by atomic mass is 9.79. The van der Waals surface area contributed by atoms with E-state index in [0.29, 0.717) is 19.7 Å². The van der Waals surface area contributed by atoms with E-state index in [0.717, 1.165) is 32.4 Å². The number of halogens is 1. The molecule has 0 atom stereocenters. The van der Waals surface area contributed by atoms with Gasteiger partial charge in [-0.15, -0.1) is 12.4 Å². The Morgan fingerprint density at radius 2 is 1.73 bits per heavy atom. The molecule has 0 aromatic heterocycles. The second-order valence-electron chi connectivity index (χ2n) is 5.81. The predicted octanol–water partition coefficient (Wildman–Crippen LogP) is 0.847. The van der Waals surface area contributed by atoms with Crippen molar-refractivity contribution in [1.82, 2.24) is 16.0 Å². The predicted molar refractivity (Wildman–Crippen MR) is 89.2 cm³/mol. The van der Waals surface area contributed by atoms with Gasteiger partial charge in [0, 0.05) is 38.5 Å². The summed E-state index contributed by atoms with van der Waals surface area (Å²) in [6, 6.07) is 0. The molecule has 2 amide bonds. The summed E-state index contributed by atoms with van der Waals surface area (Å²) in [7, 11) is 1.70. The summed E-state index contributed by atoms with van der Waals surface area (Å²) in [5, 5.41) is 9.06. The Morgan fingerprint density at radius 1 is 1.14 bits per heavy atom. The topological polar surface area (TPSA) is 79.5 Å². The van der Waals surface area contributed by atoms with E-state index in [1.807, 2.05) is 6.92 Å². The highest BCUT2D eigenvalue weighted by molar-refractivity contribution is 5.85. The first kappa shape index (κ1) is 21.1. The number of piperidine rings is 1. The van der Waals surface area contributed by atoms with Crippen LogP contribution in [0.5, 0.6) is 0 Å². The third-order valence-electron chi connectivity index (χ3n) is 3.93. The monoisotopic (exact) mass is 335 g/mol. The van der Waals surface area contributed by atoms with Crippen molar-refractivity contribution in [2.75, 3.05) is 39.9 Å². The summed E-state index contributed by atoms with van der Waals surface area (Å²) >= 11 is 0. The molecule has 22 heavy (non-hydrogen) atoms. The van der Waals surface area contributed by atoms with Gasteiger partial charge in [0.05, 0.1) is 6.61 Å². The normalized spacial score (nSPS) is 16.5. The highest BCUT2D eigenvalue weighted by Gasteiger charge is 2.32. The van der Waals surface area contributed by atoms with Gasteiger partial charge in [-0.2, -0.15) is 0 Å². The van der Waals surface area contributed by atoms with Crippen LogP contribution >= 0.6 is 12.4 Å². The first-order chi connectivity index (χ1) is 10.1. The van der Waals surface area contributed by atoms with E-state index in [1.165, 1.54) is 0 Å². The van der Waals surface area contributed by atoms with Crippen molar-refractivity contribution in [3.8, 4) is 0 Å². The van der Waals surface area contributed by atoms with Gasteiger partial charge in [-0.05, 0) is 32.4 Å². The number of carbonyl (C=O) groups is 2. The lowest BCUT2D eigenvalue weighted by Gasteiger charge is -2.37. The summed E-state index contributed by atoms with van der Waals surface area (Å²) in [5.74, 6) is -0.115. The Kier molecular flexibility index (Phi) is 11.2. The number of methoxy groups -OCH3 is 1. The van der Waals surface area contributed by atoms with E-state index in [9.17, 15) is 9.59 Å². The SMILES string of the molecule is CCCNC(=O)CCC(=O)NCC1(COC)CCNCC1.Cl. The summed E-state index contributed by atoms with van der Waals surface area (Å²) < 4.78 is 5.32. The number of ether oxygens (including phenoxy) is 1. The van der Waals surface area contributed by atoms with Gasteiger partial charge in [-0.3, -0.25) is 9.59 Å². The van der Waals surface area contributed by atoms with Crippen molar-refractivity contribution in [2.45, 2.75) is 39.0 Å². The summed E-state index contributed by atoms with van der Waals surface area (Å²) in [6.45, 7) is 5.87. The van der Waals surface area contributed by atoms with Crippen LogP contribution in [0.3, 0.4) is 0 Å². The first-order valence-corrected chi connectivity index (χ1v) is 7.85. The number of carbonyl (C=O) groups excluding carboxylic acids is 2. The number of nitrogens with one attached hydrogen (secondary N) is 3. The zero-order valence-corrected chi connectivity index (χ0v) is 14.5. The van der Waals surface area contributed by atoms with E-state index in [4.69, 9.17) is 4.74 Å². The molecule has 1 fully saturated rings. The van der Waals surface area contributed by atoms with Crippen LogP contribution in [0.2, 0.25) is 0 Å². The van der Waals surface area contributed by atoms with Crippen molar-refractivity contribution in [3.63, 3.8) is 0 Å². The maximum absolute atomic E-state index is 11.9. The summed E-state index contributed by atoms with van der Waals surface area (Å²) in [6.07, 6.45) is 3.41. The maximum atomic E-state index is 11.9. The van der Waals surface area contributed by atoms with Crippen molar-refractivity contribution in [3.05, 3.63) is 0 Å². The van der Waals surface area contributed by atoms with Gasteiger partial charge in [-0.1, -0.05) is 6.92 Å². The van der Waals surface area contributed by atoms with Crippen LogP contribution < -0.4 is 16.0 Å². The summed E-state index contributed by atoms with van der Waals surface area (Å²) in [4.78, 5) is 23.3. The fourth-order valence-electron chi connectivity index (χ4n) is 2.59. The van der Waals surface area contributed by atoms with Crippen LogP contribution in [0.1, 0.15) is 39.0 Å². The van der Waals surface area contributed by atoms with Gasteiger partial charge in [0.2, 0.25) is 11.8 Å². The molecule has 0 radical (unpaired) electrons. The van der Waals surface area contributed by atoms with Crippen molar-refractivity contribution < 1.29 is 14.3 Å². The van der Waals surface area contributed by atoms with Crippen molar-refractivity contribution in [2.24, 2.45) is 5.41 Å². The smallest absolute Gasteiger partial charge is 0.220 e. The number of hydrogen-bond donors (Lipinski definition) is 3. The van der Waals surface area contributed by atoms with Crippen molar-refractivity contribution >= 4 is 24.2 Å². The quantitative estimate of drug-likeness (QED) is 0.583. The van der Waals surface area contributed by atoms with Crippen LogP contribution in [-0.2, 0) is 14.3 Å². The van der Waals surface area contributed by atoms with Gasteiger partial charge < -0.3 is 20.7 Å². The summed E-state index contributed by atoms with van der Waals surface area (Å²) in [5.41, 5.74) is 0.0279. The molecule has 1 aliphatic rings. The lowest BCUT2D eigenvalue weighted by Crippen LogP contribution is -2.47. The molecule has 3 N–H and O–H groups in total. The average Bonchev–Trinajstić information content (AvgIpc) is 2.50. The van der Waals surface area contributed by atoms with Crippen LogP contribution in [0.15, 0.2) is 0 Å². The van der Waals surface area contributed by atoms with E-state index >= 15 is 0 Å². The minimum absolute atomic E-state index is 0. The molecule has 6 nitrogen and oxygen atoms in total. The molecular formula is C15H30ClN3O3. The molecular weight excluding hydrogens is 306 g/mol. The Balaban J connectivity index is 0.00000441. The highest BCUT2D eigenvalue weighted by atomic mass is 35.5. The van der Waals surface area contributed by atoms with E-state index in [2.05, 4.69) is 16.0 Å². The Hall–Kier alpha value is -0.850. The van der Waals surface area contributed by atoms with Gasteiger partial charge in [0.15, 0.2) is 0 Å². The number of hydrogen-bond acceptors (Lipinski definition) is 4. The van der Waals surface area contributed by atoms with E-state index < -0.39 is 0 Å². The molecule has 1 aliphatic heterocycles. The second kappa shape index (κ2) is 11.7. The minimum Gasteiger partial charge on any atom is -0.384 e. The zero-order valence-electron chi connectivity index (χ0n) is 13.7. The molecule has 0 unspecified atom stereocenters. The molecule has 1 rings (SSSR count). The van der Waals surface area contributed by atoms with Crippen LogP contribution in [0.4, 0.5) is 0 Å². The largest absolute Gasteiger partial charge is 0.384 e. The Morgan fingerprint density at radius 3 is 2.27 bits per heavy atom. The number of amides is 2. The lowest BCUT2D eigenvalue weighted by molar-refractivity contribution is -0.126. The third-order valence-corrected chi connectivity index (χ3v) is 3.93. The second-order valence-corrected chi connectivity index (χ2v) is 5.81. The highest BCUT2D eigenvalue weighted by Crippen LogP contribution is 2.28. The molecule has 0 aromatic rings. The molecule has 1 saturated heterocycles.